The summed E-state index contributed by atoms with van der Waals surface area (Å²) in [5, 5.41) is 0.508. The van der Waals surface area contributed by atoms with Crippen molar-refractivity contribution in [2.24, 2.45) is 0 Å². The molecule has 0 saturated heterocycles. The third kappa shape index (κ3) is 1.35. The minimum atomic E-state index is -0.422. The van der Waals surface area contributed by atoms with Crippen LogP contribution in [0, 0.1) is 5.82 Å². The predicted molar refractivity (Wildman–Crippen MR) is 57.7 cm³/mol. The van der Waals surface area contributed by atoms with Gasteiger partial charge in [-0.05, 0) is 26.0 Å². The number of benzene rings is 1. The molecule has 0 unspecified atom stereocenters. The van der Waals surface area contributed by atoms with Gasteiger partial charge < -0.3 is 4.57 Å². The fourth-order valence-electron chi connectivity index (χ4n) is 1.91. The summed E-state index contributed by atoms with van der Waals surface area (Å²) >= 11 is 0. The van der Waals surface area contributed by atoms with Crippen LogP contribution >= 0.6 is 0 Å². The van der Waals surface area contributed by atoms with E-state index in [1.165, 1.54) is 0 Å². The molecule has 0 fully saturated rings. The normalized spacial score (nSPS) is 11.2. The van der Waals surface area contributed by atoms with Crippen molar-refractivity contribution in [3.05, 3.63) is 35.8 Å². The zero-order valence-electron chi connectivity index (χ0n) is 8.70. The van der Waals surface area contributed by atoms with Crippen LogP contribution in [0.1, 0.15) is 30.4 Å². The number of nitrogens with zero attached hydrogens (tertiary/aromatic N) is 1. The molecule has 2 nitrogen and oxygen atoms in total. The molecule has 0 bridgehead atoms. The SMILES string of the molecule is CC(C)n1c(C=O)c(F)c2ccccc21. The Hall–Kier alpha value is -1.64. The summed E-state index contributed by atoms with van der Waals surface area (Å²) in [6.07, 6.45) is 0.579. The van der Waals surface area contributed by atoms with Gasteiger partial charge in [0, 0.05) is 11.4 Å². The highest BCUT2D eigenvalue weighted by Gasteiger charge is 2.17. The van der Waals surface area contributed by atoms with E-state index < -0.39 is 5.82 Å². The van der Waals surface area contributed by atoms with Crippen molar-refractivity contribution >= 4 is 17.2 Å². The first-order valence-corrected chi connectivity index (χ1v) is 4.90. The van der Waals surface area contributed by atoms with Crippen molar-refractivity contribution in [2.45, 2.75) is 19.9 Å². The van der Waals surface area contributed by atoms with Gasteiger partial charge in [-0.1, -0.05) is 12.1 Å². The summed E-state index contributed by atoms with van der Waals surface area (Å²) in [5.74, 6) is -0.422. The Morgan fingerprint density at radius 3 is 2.60 bits per heavy atom. The van der Waals surface area contributed by atoms with E-state index in [1.54, 1.807) is 16.7 Å². The minimum Gasteiger partial charge on any atom is -0.333 e. The molecule has 78 valence electrons. The first-order valence-electron chi connectivity index (χ1n) is 4.90. The summed E-state index contributed by atoms with van der Waals surface area (Å²) in [5.41, 5.74) is 0.901. The number of aldehydes is 1. The van der Waals surface area contributed by atoms with E-state index in [1.807, 2.05) is 26.0 Å². The van der Waals surface area contributed by atoms with Gasteiger partial charge in [-0.2, -0.15) is 0 Å². The van der Waals surface area contributed by atoms with E-state index in [-0.39, 0.29) is 11.7 Å². The molecule has 2 aromatic rings. The highest BCUT2D eigenvalue weighted by molar-refractivity contribution is 5.89. The van der Waals surface area contributed by atoms with Crippen molar-refractivity contribution in [1.29, 1.82) is 0 Å². The minimum absolute atomic E-state index is 0.0691. The van der Waals surface area contributed by atoms with Crippen molar-refractivity contribution < 1.29 is 9.18 Å². The molecule has 0 spiro atoms. The van der Waals surface area contributed by atoms with Crippen molar-refractivity contribution in [2.75, 3.05) is 0 Å². The van der Waals surface area contributed by atoms with Gasteiger partial charge in [0.15, 0.2) is 12.1 Å². The lowest BCUT2D eigenvalue weighted by molar-refractivity contribution is 0.111. The van der Waals surface area contributed by atoms with Crippen LogP contribution in [0.15, 0.2) is 24.3 Å². The lowest BCUT2D eigenvalue weighted by Crippen LogP contribution is -2.05. The molecular weight excluding hydrogens is 193 g/mol. The van der Waals surface area contributed by atoms with E-state index in [9.17, 15) is 9.18 Å². The molecular formula is C12H12FNO. The second-order valence-corrected chi connectivity index (χ2v) is 3.80. The lowest BCUT2D eigenvalue weighted by Gasteiger charge is -2.10. The summed E-state index contributed by atoms with van der Waals surface area (Å²) in [6, 6.07) is 7.20. The summed E-state index contributed by atoms with van der Waals surface area (Å²) in [7, 11) is 0. The number of carbonyl (C=O) groups is 1. The van der Waals surface area contributed by atoms with Gasteiger partial charge in [0.25, 0.3) is 0 Å². The van der Waals surface area contributed by atoms with E-state index in [0.717, 1.165) is 5.52 Å². The number of fused-ring (bicyclic) bond motifs is 1. The third-order valence-corrected chi connectivity index (χ3v) is 2.51. The fourth-order valence-corrected chi connectivity index (χ4v) is 1.91. The van der Waals surface area contributed by atoms with Gasteiger partial charge in [0.05, 0.1) is 5.52 Å². The summed E-state index contributed by atoms with van der Waals surface area (Å²) in [4.78, 5) is 10.9. The number of rotatable bonds is 2. The van der Waals surface area contributed by atoms with Gasteiger partial charge in [0.1, 0.15) is 5.69 Å². The number of aromatic nitrogens is 1. The number of halogens is 1. The van der Waals surface area contributed by atoms with E-state index in [0.29, 0.717) is 11.7 Å². The Morgan fingerprint density at radius 2 is 2.00 bits per heavy atom. The smallest absolute Gasteiger partial charge is 0.169 e. The number of carbonyl (C=O) groups excluding carboxylic acids is 1. The average molecular weight is 205 g/mol. The van der Waals surface area contributed by atoms with Gasteiger partial charge in [-0.15, -0.1) is 0 Å². The first-order chi connectivity index (χ1) is 7.16. The molecule has 3 heteroatoms. The summed E-state index contributed by atoms with van der Waals surface area (Å²) < 4.78 is 15.5. The van der Waals surface area contributed by atoms with Crippen LogP contribution in [0.4, 0.5) is 4.39 Å². The average Bonchev–Trinajstić information content (AvgIpc) is 2.52. The van der Waals surface area contributed by atoms with Gasteiger partial charge in [-0.25, -0.2) is 4.39 Å². The van der Waals surface area contributed by atoms with Crippen LogP contribution < -0.4 is 0 Å². The Balaban J connectivity index is 2.91. The molecule has 0 atom stereocenters. The first kappa shape index (κ1) is 9.90. The Bertz CT molecular complexity index is 514. The molecule has 0 aliphatic heterocycles. The molecule has 1 aromatic heterocycles. The largest absolute Gasteiger partial charge is 0.333 e. The van der Waals surface area contributed by atoms with Crippen LogP contribution in [0.2, 0.25) is 0 Å². The molecule has 1 heterocycles. The number of para-hydroxylation sites is 1. The second-order valence-electron chi connectivity index (χ2n) is 3.80. The monoisotopic (exact) mass is 205 g/mol. The zero-order chi connectivity index (χ0) is 11.0. The maximum absolute atomic E-state index is 13.8. The topological polar surface area (TPSA) is 22.0 Å². The van der Waals surface area contributed by atoms with Crippen LogP contribution in [0.3, 0.4) is 0 Å². The van der Waals surface area contributed by atoms with Crippen molar-refractivity contribution in [1.82, 2.24) is 4.57 Å². The van der Waals surface area contributed by atoms with Crippen LogP contribution in [0.25, 0.3) is 10.9 Å². The van der Waals surface area contributed by atoms with Crippen LogP contribution in [-0.4, -0.2) is 10.9 Å². The highest BCUT2D eigenvalue weighted by atomic mass is 19.1. The van der Waals surface area contributed by atoms with E-state index >= 15 is 0 Å². The van der Waals surface area contributed by atoms with E-state index in [4.69, 9.17) is 0 Å². The number of hydrogen-bond acceptors (Lipinski definition) is 1. The standard InChI is InChI=1S/C12H12FNO/c1-8(2)14-10-6-4-3-5-9(10)12(13)11(14)7-15/h3-8H,1-2H3. The van der Waals surface area contributed by atoms with Gasteiger partial charge in [0.2, 0.25) is 0 Å². The van der Waals surface area contributed by atoms with Gasteiger partial charge in [-0.3, -0.25) is 4.79 Å². The third-order valence-electron chi connectivity index (χ3n) is 2.51. The van der Waals surface area contributed by atoms with Crippen LogP contribution in [0.5, 0.6) is 0 Å². The Morgan fingerprint density at radius 1 is 1.33 bits per heavy atom. The van der Waals surface area contributed by atoms with Gasteiger partial charge >= 0.3 is 0 Å². The lowest BCUT2D eigenvalue weighted by atomic mass is 10.2. The maximum Gasteiger partial charge on any atom is 0.169 e. The molecule has 0 aliphatic rings. The highest BCUT2D eigenvalue weighted by Crippen LogP contribution is 2.26. The molecule has 0 saturated carbocycles. The van der Waals surface area contributed by atoms with Crippen molar-refractivity contribution in [3.63, 3.8) is 0 Å². The fraction of sp³-hybridized carbons (Fsp3) is 0.250. The Kier molecular flexibility index (Phi) is 2.31. The number of hydrogen-bond donors (Lipinski definition) is 0. The predicted octanol–water partition coefficient (Wildman–Crippen LogP) is 3.17. The maximum atomic E-state index is 13.8. The summed E-state index contributed by atoms with van der Waals surface area (Å²) in [6.45, 7) is 3.86. The molecule has 0 N–H and O–H groups in total. The molecule has 1 aromatic carbocycles. The van der Waals surface area contributed by atoms with E-state index in [2.05, 4.69) is 0 Å². The molecule has 2 rings (SSSR count). The van der Waals surface area contributed by atoms with Crippen LogP contribution in [-0.2, 0) is 0 Å². The molecule has 15 heavy (non-hydrogen) atoms. The zero-order valence-corrected chi connectivity index (χ0v) is 8.70. The molecule has 0 amide bonds. The molecule has 0 radical (unpaired) electrons. The molecule has 0 aliphatic carbocycles. The Labute approximate surface area is 87.3 Å². The second kappa shape index (κ2) is 3.50. The quantitative estimate of drug-likeness (QED) is 0.690. The van der Waals surface area contributed by atoms with Crippen molar-refractivity contribution in [3.8, 4) is 0 Å².